The highest BCUT2D eigenvalue weighted by Gasteiger charge is 2.32. The van der Waals surface area contributed by atoms with Crippen molar-refractivity contribution in [2.45, 2.75) is 46.3 Å². The number of aromatic nitrogens is 3. The molecule has 8 heteroatoms. The van der Waals surface area contributed by atoms with Crippen molar-refractivity contribution in [1.82, 2.24) is 10.1 Å². The highest BCUT2D eigenvalue weighted by molar-refractivity contribution is 7.22. The molecule has 2 aromatic carbocycles. The van der Waals surface area contributed by atoms with Gasteiger partial charge in [-0.15, -0.1) is 11.3 Å². The van der Waals surface area contributed by atoms with E-state index >= 15 is 0 Å². The monoisotopic (exact) mass is 520 g/mol. The molecule has 36 heavy (non-hydrogen) atoms. The van der Waals surface area contributed by atoms with Gasteiger partial charge in [-0.05, 0) is 63.9 Å². The molecule has 0 spiro atoms. The van der Waals surface area contributed by atoms with Gasteiger partial charge in [-0.1, -0.05) is 28.2 Å². The van der Waals surface area contributed by atoms with E-state index in [0.717, 1.165) is 48.6 Å². The summed E-state index contributed by atoms with van der Waals surface area (Å²) in [6.07, 6.45) is 2.81. The van der Waals surface area contributed by atoms with Crippen molar-refractivity contribution in [2.24, 2.45) is 0 Å². The van der Waals surface area contributed by atoms with Crippen LogP contribution in [0.1, 0.15) is 43.6 Å². The minimum absolute atomic E-state index is 0.614. The molecule has 2 N–H and O–H groups in total. The first-order chi connectivity index (χ1) is 17.0. The molecule has 0 aliphatic rings. The molecular weight excluding hydrogens is 494 g/mol. The molecule has 0 saturated heterocycles. The largest absolute Gasteiger partial charge is 0.479 e. The molecule has 6 nitrogen and oxygen atoms in total. The number of carbonyl (C=O) groups is 1. The zero-order chi connectivity index (χ0) is 25.8. The van der Waals surface area contributed by atoms with Gasteiger partial charge in [0.2, 0.25) is 11.7 Å². The molecule has 0 aliphatic carbocycles. The third kappa shape index (κ3) is 4.50. The standard InChI is InChI=1S/C28H26ClN3O3S/c1-15-12-20-25(36-26(31-20)18-10-11-32-21(13-18)16(2)14-30-32)23(17-6-8-19(29)9-7-17)22(15)24(27(33)34)35-28(3,4)5/h6-14,24H,1-5H3,(H,33,34)/p+1/t24-/m0/s1. The van der Waals surface area contributed by atoms with E-state index in [4.69, 9.17) is 21.3 Å². The number of H-pyrrole nitrogens is 1. The minimum atomic E-state index is -1.14. The van der Waals surface area contributed by atoms with Gasteiger partial charge in [0.15, 0.2) is 6.10 Å². The number of halogens is 1. The summed E-state index contributed by atoms with van der Waals surface area (Å²) in [6.45, 7) is 9.56. The van der Waals surface area contributed by atoms with Crippen molar-refractivity contribution in [3.8, 4) is 21.7 Å². The molecule has 0 amide bonds. The van der Waals surface area contributed by atoms with Crippen LogP contribution in [0.5, 0.6) is 0 Å². The Morgan fingerprint density at radius 2 is 1.83 bits per heavy atom. The van der Waals surface area contributed by atoms with Gasteiger partial charge < -0.3 is 9.84 Å². The summed E-state index contributed by atoms with van der Waals surface area (Å²) in [5, 5.41) is 14.9. The number of rotatable bonds is 5. The normalized spacial score (nSPS) is 12.9. The van der Waals surface area contributed by atoms with E-state index < -0.39 is 17.7 Å². The van der Waals surface area contributed by atoms with Gasteiger partial charge in [0.05, 0.1) is 22.0 Å². The Kier molecular flexibility index (Phi) is 6.11. The van der Waals surface area contributed by atoms with Crippen LogP contribution in [0.15, 0.2) is 54.9 Å². The van der Waals surface area contributed by atoms with Gasteiger partial charge in [0, 0.05) is 39.4 Å². The van der Waals surface area contributed by atoms with Gasteiger partial charge in [0.25, 0.3) is 0 Å². The van der Waals surface area contributed by atoms with Crippen LogP contribution in [0.25, 0.3) is 37.4 Å². The number of pyridine rings is 1. The Hall–Kier alpha value is -3.26. The maximum absolute atomic E-state index is 12.5. The molecule has 184 valence electrons. The average molecular weight is 521 g/mol. The number of carboxylic acids is 1. The van der Waals surface area contributed by atoms with Gasteiger partial charge in [-0.25, -0.2) is 9.78 Å². The van der Waals surface area contributed by atoms with E-state index in [1.165, 1.54) is 0 Å². The number of nitrogens with one attached hydrogen (secondary N) is 1. The number of hydrogen-bond acceptors (Lipinski definition) is 4. The van der Waals surface area contributed by atoms with Crippen LogP contribution in [0.4, 0.5) is 0 Å². The second-order valence-corrected chi connectivity index (χ2v) is 11.4. The average Bonchev–Trinajstić information content (AvgIpc) is 3.40. The van der Waals surface area contributed by atoms with Crippen molar-refractivity contribution in [2.75, 3.05) is 0 Å². The quantitative estimate of drug-likeness (QED) is 0.247. The number of benzene rings is 2. The van der Waals surface area contributed by atoms with Gasteiger partial charge in [0.1, 0.15) is 5.01 Å². The zero-order valence-electron chi connectivity index (χ0n) is 20.7. The van der Waals surface area contributed by atoms with Crippen LogP contribution >= 0.6 is 22.9 Å². The number of thiazole rings is 1. The summed E-state index contributed by atoms with van der Waals surface area (Å²) in [7, 11) is 0. The number of aliphatic carboxylic acids is 1. The zero-order valence-corrected chi connectivity index (χ0v) is 22.3. The lowest BCUT2D eigenvalue weighted by Crippen LogP contribution is -2.28. The Morgan fingerprint density at radius 1 is 1.11 bits per heavy atom. The molecule has 0 unspecified atom stereocenters. The number of carboxylic acid groups (broad SMARTS) is 1. The maximum atomic E-state index is 12.5. The van der Waals surface area contributed by atoms with E-state index in [9.17, 15) is 9.90 Å². The fourth-order valence-electron chi connectivity index (χ4n) is 4.45. The third-order valence-electron chi connectivity index (χ3n) is 6.04. The molecule has 0 bridgehead atoms. The van der Waals surface area contributed by atoms with Crippen molar-refractivity contribution in [1.29, 1.82) is 0 Å². The number of hydrogen-bond donors (Lipinski definition) is 2. The first-order valence-corrected chi connectivity index (χ1v) is 12.8. The smallest absolute Gasteiger partial charge is 0.337 e. The highest BCUT2D eigenvalue weighted by atomic mass is 35.5. The predicted molar refractivity (Wildman–Crippen MR) is 144 cm³/mol. The van der Waals surface area contributed by atoms with Crippen LogP contribution in [-0.4, -0.2) is 26.8 Å². The number of aromatic amines is 1. The molecule has 5 aromatic rings. The van der Waals surface area contributed by atoms with Gasteiger partial charge in [-0.2, -0.15) is 5.10 Å². The highest BCUT2D eigenvalue weighted by Crippen LogP contribution is 2.44. The molecular formula is C28H27ClN3O3S+. The molecule has 0 fully saturated rings. The van der Waals surface area contributed by atoms with Crippen LogP contribution < -0.4 is 4.52 Å². The Bertz CT molecular complexity index is 1610. The van der Waals surface area contributed by atoms with Crippen molar-refractivity contribution >= 4 is 44.6 Å². The Balaban J connectivity index is 1.79. The number of aryl methyl sites for hydroxylation is 2. The molecule has 0 aliphatic heterocycles. The minimum Gasteiger partial charge on any atom is -0.479 e. The van der Waals surface area contributed by atoms with E-state index in [0.29, 0.717) is 10.6 Å². The van der Waals surface area contributed by atoms with E-state index in [1.807, 2.05) is 81.0 Å². The summed E-state index contributed by atoms with van der Waals surface area (Å²) >= 11 is 7.74. The molecule has 3 aromatic heterocycles. The molecule has 1 atom stereocenters. The second kappa shape index (κ2) is 9.00. The summed E-state index contributed by atoms with van der Waals surface area (Å²) in [4.78, 5) is 17.5. The number of nitrogens with zero attached hydrogens (tertiary/aromatic N) is 2. The van der Waals surface area contributed by atoms with Crippen LogP contribution in [-0.2, 0) is 9.53 Å². The summed E-state index contributed by atoms with van der Waals surface area (Å²) in [6, 6.07) is 13.6. The Morgan fingerprint density at radius 3 is 2.50 bits per heavy atom. The first kappa shape index (κ1) is 24.4. The number of fused-ring (bicyclic) bond motifs is 2. The lowest BCUT2D eigenvalue weighted by molar-refractivity contribution is -0.576. The fraction of sp³-hybridized carbons (Fsp3) is 0.250. The SMILES string of the molecule is Cc1cc2nc(-c3cc[n+]4[nH]cc(C)c4c3)sc2c(-c2ccc(Cl)cc2)c1[C@H](OC(C)(C)C)C(=O)O. The van der Waals surface area contributed by atoms with E-state index in [-0.39, 0.29) is 0 Å². The summed E-state index contributed by atoms with van der Waals surface area (Å²) in [5.74, 6) is -1.03. The molecule has 0 radical (unpaired) electrons. The fourth-order valence-corrected chi connectivity index (χ4v) is 5.70. The summed E-state index contributed by atoms with van der Waals surface area (Å²) in [5.41, 5.74) is 6.52. The second-order valence-electron chi connectivity index (χ2n) is 9.93. The van der Waals surface area contributed by atoms with Crippen molar-refractivity contribution in [3.05, 3.63) is 76.6 Å². The van der Waals surface area contributed by atoms with Crippen LogP contribution in [0.3, 0.4) is 0 Å². The van der Waals surface area contributed by atoms with E-state index in [1.54, 1.807) is 11.3 Å². The number of ether oxygens (including phenoxy) is 1. The van der Waals surface area contributed by atoms with Crippen molar-refractivity contribution < 1.29 is 19.2 Å². The first-order valence-electron chi connectivity index (χ1n) is 11.6. The Labute approximate surface area is 218 Å². The van der Waals surface area contributed by atoms with Crippen LogP contribution in [0, 0.1) is 13.8 Å². The van der Waals surface area contributed by atoms with Gasteiger partial charge in [-0.3, -0.25) is 0 Å². The molecule has 5 rings (SSSR count). The molecule has 0 saturated carbocycles. The lowest BCUT2D eigenvalue weighted by atomic mass is 9.91. The van der Waals surface area contributed by atoms with Crippen molar-refractivity contribution in [3.63, 3.8) is 0 Å². The summed E-state index contributed by atoms with van der Waals surface area (Å²) < 4.78 is 8.98. The molecule has 3 heterocycles. The third-order valence-corrected chi connectivity index (χ3v) is 7.43. The van der Waals surface area contributed by atoms with E-state index in [2.05, 4.69) is 18.1 Å². The van der Waals surface area contributed by atoms with Gasteiger partial charge >= 0.3 is 5.97 Å². The predicted octanol–water partition coefficient (Wildman–Crippen LogP) is 6.91. The van der Waals surface area contributed by atoms with Crippen LogP contribution in [0.2, 0.25) is 5.02 Å². The maximum Gasteiger partial charge on any atom is 0.337 e. The topological polar surface area (TPSA) is 79.3 Å². The lowest BCUT2D eigenvalue weighted by Gasteiger charge is -2.28.